The average molecular weight is 302 g/mol. The van der Waals surface area contributed by atoms with Crippen molar-refractivity contribution in [3.63, 3.8) is 0 Å². The van der Waals surface area contributed by atoms with E-state index in [2.05, 4.69) is 4.74 Å². The normalized spacial score (nSPS) is 22.9. The number of benzene rings is 1. The van der Waals surface area contributed by atoms with Crippen LogP contribution in [0.15, 0.2) is 24.3 Å². The van der Waals surface area contributed by atoms with E-state index in [4.69, 9.17) is 4.74 Å². The Morgan fingerprint density at radius 1 is 1.29 bits per heavy atom. The molecule has 3 nitrogen and oxygen atoms in total. The van der Waals surface area contributed by atoms with Crippen LogP contribution in [-0.2, 0) is 16.0 Å². The van der Waals surface area contributed by atoms with Crippen molar-refractivity contribution in [1.29, 1.82) is 0 Å². The van der Waals surface area contributed by atoms with E-state index in [9.17, 15) is 18.0 Å². The molecule has 0 saturated carbocycles. The minimum Gasteiger partial charge on any atom is -0.406 e. The van der Waals surface area contributed by atoms with E-state index < -0.39 is 12.0 Å². The molecule has 1 aromatic rings. The SMILES string of the molecule is CC1(C(=O)Cc2ccc(OC(F)(F)F)cc2)CCCCO1. The zero-order chi connectivity index (χ0) is 15.5. The van der Waals surface area contributed by atoms with Crippen molar-refractivity contribution < 1.29 is 27.4 Å². The van der Waals surface area contributed by atoms with Crippen molar-refractivity contribution in [3.05, 3.63) is 29.8 Å². The smallest absolute Gasteiger partial charge is 0.406 e. The van der Waals surface area contributed by atoms with Gasteiger partial charge in [-0.05, 0) is 43.9 Å². The second kappa shape index (κ2) is 6.05. The first kappa shape index (κ1) is 15.8. The predicted octanol–water partition coefficient (Wildman–Crippen LogP) is 3.66. The van der Waals surface area contributed by atoms with Gasteiger partial charge in [0.1, 0.15) is 11.4 Å². The fourth-order valence-corrected chi connectivity index (χ4v) is 2.34. The van der Waals surface area contributed by atoms with Gasteiger partial charge >= 0.3 is 6.36 Å². The first-order valence-electron chi connectivity index (χ1n) is 6.80. The summed E-state index contributed by atoms with van der Waals surface area (Å²) in [6.07, 6.45) is -1.99. The number of carbonyl (C=O) groups is 1. The van der Waals surface area contributed by atoms with Crippen LogP contribution in [-0.4, -0.2) is 24.4 Å². The van der Waals surface area contributed by atoms with E-state index in [0.717, 1.165) is 12.8 Å². The van der Waals surface area contributed by atoms with Gasteiger partial charge in [-0.1, -0.05) is 12.1 Å². The summed E-state index contributed by atoms with van der Waals surface area (Å²) in [5.74, 6) is -0.342. The third-order valence-corrected chi connectivity index (χ3v) is 3.58. The summed E-state index contributed by atoms with van der Waals surface area (Å²) in [5, 5.41) is 0. The minimum atomic E-state index is -4.71. The maximum atomic E-state index is 12.3. The number of Topliss-reactive ketones (excluding diaryl/α,β-unsaturated/α-hetero) is 1. The number of ether oxygens (including phenoxy) is 2. The van der Waals surface area contributed by atoms with Crippen LogP contribution in [0.1, 0.15) is 31.7 Å². The highest BCUT2D eigenvalue weighted by Gasteiger charge is 2.35. The number of hydrogen-bond donors (Lipinski definition) is 0. The molecule has 1 atom stereocenters. The topological polar surface area (TPSA) is 35.5 Å². The van der Waals surface area contributed by atoms with Crippen molar-refractivity contribution in [1.82, 2.24) is 0 Å². The highest BCUT2D eigenvalue weighted by Crippen LogP contribution is 2.27. The highest BCUT2D eigenvalue weighted by atomic mass is 19.4. The lowest BCUT2D eigenvalue weighted by molar-refractivity contribution is -0.274. The van der Waals surface area contributed by atoms with Gasteiger partial charge in [-0.3, -0.25) is 4.79 Å². The van der Waals surface area contributed by atoms with Crippen LogP contribution >= 0.6 is 0 Å². The van der Waals surface area contributed by atoms with E-state index in [1.165, 1.54) is 24.3 Å². The zero-order valence-corrected chi connectivity index (χ0v) is 11.7. The molecule has 1 saturated heterocycles. The molecular formula is C15H17F3O3. The van der Waals surface area contributed by atoms with Crippen LogP contribution in [0.2, 0.25) is 0 Å². The zero-order valence-electron chi connectivity index (χ0n) is 11.7. The van der Waals surface area contributed by atoms with E-state index in [-0.39, 0.29) is 18.0 Å². The minimum absolute atomic E-state index is 0.0494. The highest BCUT2D eigenvalue weighted by molar-refractivity contribution is 5.88. The van der Waals surface area contributed by atoms with E-state index >= 15 is 0 Å². The Balaban J connectivity index is 1.98. The Morgan fingerprint density at radius 2 is 1.95 bits per heavy atom. The molecule has 0 amide bonds. The number of carbonyl (C=O) groups excluding carboxylic acids is 1. The number of halogens is 3. The summed E-state index contributed by atoms with van der Waals surface area (Å²) in [5.41, 5.74) is -0.135. The molecule has 6 heteroatoms. The van der Waals surface area contributed by atoms with Gasteiger partial charge in [0.2, 0.25) is 0 Å². The summed E-state index contributed by atoms with van der Waals surface area (Å²) in [6, 6.07) is 5.34. The first-order valence-corrected chi connectivity index (χ1v) is 6.80. The largest absolute Gasteiger partial charge is 0.573 e. The number of alkyl halides is 3. The standard InChI is InChI=1S/C15H17F3O3/c1-14(8-2-3-9-20-14)13(19)10-11-4-6-12(7-5-11)21-15(16,17)18/h4-7H,2-3,8-10H2,1H3. The second-order valence-electron chi connectivity index (χ2n) is 5.33. The van der Waals surface area contributed by atoms with Crippen LogP contribution in [0, 0.1) is 0 Å². The van der Waals surface area contributed by atoms with Gasteiger partial charge in [0.15, 0.2) is 5.78 Å². The lowest BCUT2D eigenvalue weighted by Gasteiger charge is -2.32. The van der Waals surface area contributed by atoms with E-state index in [1.54, 1.807) is 6.92 Å². The van der Waals surface area contributed by atoms with Gasteiger partial charge < -0.3 is 9.47 Å². The molecule has 0 spiro atoms. The van der Waals surface area contributed by atoms with Crippen LogP contribution in [0.4, 0.5) is 13.2 Å². The van der Waals surface area contributed by atoms with E-state index in [1.807, 2.05) is 0 Å². The predicted molar refractivity (Wildman–Crippen MR) is 70.0 cm³/mol. The Hall–Kier alpha value is -1.56. The molecule has 1 aliphatic rings. The Kier molecular flexibility index (Phi) is 4.56. The summed E-state index contributed by atoms with van der Waals surface area (Å²) in [6.45, 7) is 2.34. The molecule has 1 aliphatic heterocycles. The summed E-state index contributed by atoms with van der Waals surface area (Å²) < 4.78 is 45.5. The monoisotopic (exact) mass is 302 g/mol. The molecule has 0 aliphatic carbocycles. The van der Waals surface area contributed by atoms with Crippen LogP contribution in [0.25, 0.3) is 0 Å². The molecule has 0 radical (unpaired) electrons. The van der Waals surface area contributed by atoms with Crippen molar-refractivity contribution in [3.8, 4) is 5.75 Å². The quantitative estimate of drug-likeness (QED) is 0.851. The molecule has 2 rings (SSSR count). The third-order valence-electron chi connectivity index (χ3n) is 3.58. The molecule has 116 valence electrons. The molecule has 1 heterocycles. The Morgan fingerprint density at radius 3 is 2.48 bits per heavy atom. The van der Waals surface area contributed by atoms with Crippen molar-refractivity contribution >= 4 is 5.78 Å². The molecule has 1 aromatic carbocycles. The second-order valence-corrected chi connectivity index (χ2v) is 5.33. The number of ketones is 1. The maximum Gasteiger partial charge on any atom is 0.573 e. The fraction of sp³-hybridized carbons (Fsp3) is 0.533. The van der Waals surface area contributed by atoms with Crippen molar-refractivity contribution in [2.75, 3.05) is 6.61 Å². The molecule has 1 fully saturated rings. The lowest BCUT2D eigenvalue weighted by atomic mass is 9.88. The molecular weight excluding hydrogens is 285 g/mol. The number of hydrogen-bond acceptors (Lipinski definition) is 3. The summed E-state index contributed by atoms with van der Waals surface area (Å²) in [4.78, 5) is 12.3. The third kappa shape index (κ3) is 4.46. The van der Waals surface area contributed by atoms with Gasteiger partial charge in [0, 0.05) is 13.0 Å². The molecule has 0 bridgehead atoms. The summed E-state index contributed by atoms with van der Waals surface area (Å²) >= 11 is 0. The molecule has 0 aromatic heterocycles. The maximum absolute atomic E-state index is 12.3. The van der Waals surface area contributed by atoms with Gasteiger partial charge in [-0.15, -0.1) is 13.2 Å². The Labute approximate surface area is 121 Å². The van der Waals surface area contributed by atoms with Crippen LogP contribution in [0.3, 0.4) is 0 Å². The van der Waals surface area contributed by atoms with E-state index in [0.29, 0.717) is 18.6 Å². The molecule has 1 unspecified atom stereocenters. The summed E-state index contributed by atoms with van der Waals surface area (Å²) in [7, 11) is 0. The van der Waals surface area contributed by atoms with Crippen LogP contribution in [0.5, 0.6) is 5.75 Å². The average Bonchev–Trinajstić information content (AvgIpc) is 2.40. The van der Waals surface area contributed by atoms with Gasteiger partial charge in [-0.2, -0.15) is 0 Å². The van der Waals surface area contributed by atoms with Crippen molar-refractivity contribution in [2.45, 2.75) is 44.6 Å². The van der Waals surface area contributed by atoms with Crippen molar-refractivity contribution in [2.24, 2.45) is 0 Å². The molecule has 21 heavy (non-hydrogen) atoms. The first-order chi connectivity index (χ1) is 9.78. The van der Waals surface area contributed by atoms with Gasteiger partial charge in [0.05, 0.1) is 0 Å². The Bertz CT molecular complexity index is 488. The fourth-order valence-electron chi connectivity index (χ4n) is 2.34. The number of rotatable bonds is 4. The van der Waals surface area contributed by atoms with Crippen LogP contribution < -0.4 is 4.74 Å². The lowest BCUT2D eigenvalue weighted by Crippen LogP contribution is -2.42. The van der Waals surface area contributed by atoms with Gasteiger partial charge in [-0.25, -0.2) is 0 Å². The molecule has 0 N–H and O–H groups in total. The van der Waals surface area contributed by atoms with Gasteiger partial charge in [0.25, 0.3) is 0 Å².